The van der Waals surface area contributed by atoms with Crippen LogP contribution in [-0.2, 0) is 15.7 Å². The standard InChI is InChI=1S/C15H17F4NO4/c1-23-12-7-24-6-8(13(12)21)5-20-14(22)10-3-2-9(16)4-11(10)15(17,18)19/h2-4,8,12-13,21H,5-7H2,1H3,(H,20,22)/t8-,12-,13+/m1/s1. The molecule has 0 radical (unpaired) electrons. The molecule has 9 heteroatoms. The Bertz CT molecular complexity index is 593. The van der Waals surface area contributed by atoms with Gasteiger partial charge >= 0.3 is 6.18 Å². The van der Waals surface area contributed by atoms with E-state index >= 15 is 0 Å². The lowest BCUT2D eigenvalue weighted by Gasteiger charge is -2.33. The van der Waals surface area contributed by atoms with Crippen molar-refractivity contribution < 1.29 is 36.9 Å². The molecule has 2 N–H and O–H groups in total. The summed E-state index contributed by atoms with van der Waals surface area (Å²) in [6.45, 7) is 0.226. The summed E-state index contributed by atoms with van der Waals surface area (Å²) in [6.07, 6.45) is -6.35. The number of aliphatic hydroxyl groups excluding tert-OH is 1. The first-order valence-corrected chi connectivity index (χ1v) is 7.17. The molecule has 1 aliphatic rings. The molecule has 1 saturated heterocycles. The van der Waals surface area contributed by atoms with Crippen molar-refractivity contribution in [3.63, 3.8) is 0 Å². The molecule has 0 saturated carbocycles. The van der Waals surface area contributed by atoms with Crippen molar-refractivity contribution in [2.45, 2.75) is 18.4 Å². The number of benzene rings is 1. The Morgan fingerprint density at radius 2 is 2.12 bits per heavy atom. The van der Waals surface area contributed by atoms with Crippen molar-refractivity contribution in [3.8, 4) is 0 Å². The van der Waals surface area contributed by atoms with Crippen LogP contribution in [0.2, 0.25) is 0 Å². The highest BCUT2D eigenvalue weighted by atomic mass is 19.4. The fourth-order valence-electron chi connectivity index (χ4n) is 2.49. The van der Waals surface area contributed by atoms with Gasteiger partial charge in [0.2, 0.25) is 0 Å². The lowest BCUT2D eigenvalue weighted by Crippen LogP contribution is -2.49. The third-order valence-electron chi connectivity index (χ3n) is 3.84. The van der Waals surface area contributed by atoms with E-state index < -0.39 is 47.2 Å². The molecule has 1 aromatic carbocycles. The summed E-state index contributed by atoms with van der Waals surface area (Å²) in [5, 5.41) is 12.4. The van der Waals surface area contributed by atoms with Crippen molar-refractivity contribution >= 4 is 5.91 Å². The molecule has 1 aromatic rings. The van der Waals surface area contributed by atoms with Gasteiger partial charge in [-0.1, -0.05) is 0 Å². The quantitative estimate of drug-likeness (QED) is 0.809. The summed E-state index contributed by atoms with van der Waals surface area (Å²) in [5.74, 6) is -2.62. The minimum Gasteiger partial charge on any atom is -0.390 e. The normalized spacial score (nSPS) is 24.7. The Morgan fingerprint density at radius 3 is 2.75 bits per heavy atom. The van der Waals surface area contributed by atoms with Gasteiger partial charge in [-0.25, -0.2) is 4.39 Å². The number of carbonyl (C=O) groups is 1. The second-order valence-corrected chi connectivity index (χ2v) is 5.46. The average molecular weight is 351 g/mol. The first kappa shape index (κ1) is 18.6. The Hall–Kier alpha value is -1.71. The molecule has 5 nitrogen and oxygen atoms in total. The van der Waals surface area contributed by atoms with Crippen LogP contribution in [0.3, 0.4) is 0 Å². The van der Waals surface area contributed by atoms with Crippen LogP contribution in [0.15, 0.2) is 18.2 Å². The predicted molar refractivity (Wildman–Crippen MR) is 74.8 cm³/mol. The highest BCUT2D eigenvalue weighted by Gasteiger charge is 2.36. The van der Waals surface area contributed by atoms with Crippen LogP contribution in [0, 0.1) is 11.7 Å². The zero-order valence-electron chi connectivity index (χ0n) is 12.8. The van der Waals surface area contributed by atoms with E-state index in [0.29, 0.717) is 0 Å². The molecule has 24 heavy (non-hydrogen) atoms. The zero-order valence-corrected chi connectivity index (χ0v) is 12.8. The molecular formula is C15H17F4NO4. The number of alkyl halides is 3. The number of hydrogen-bond donors (Lipinski definition) is 2. The number of rotatable bonds is 4. The van der Waals surface area contributed by atoms with E-state index in [1.807, 2.05) is 0 Å². The summed E-state index contributed by atoms with van der Waals surface area (Å²) in [6, 6.07) is 1.83. The molecule has 0 bridgehead atoms. The molecule has 0 aromatic heterocycles. The highest BCUT2D eigenvalue weighted by Crippen LogP contribution is 2.32. The molecule has 1 amide bonds. The Labute approximate surface area is 135 Å². The predicted octanol–water partition coefficient (Wildman–Crippen LogP) is 1.60. The maximum Gasteiger partial charge on any atom is 0.417 e. The van der Waals surface area contributed by atoms with Gasteiger partial charge in [0.25, 0.3) is 5.91 Å². The zero-order chi connectivity index (χ0) is 17.9. The molecule has 1 fully saturated rings. The highest BCUT2D eigenvalue weighted by molar-refractivity contribution is 5.95. The second kappa shape index (κ2) is 7.45. The number of nitrogens with one attached hydrogen (secondary N) is 1. The van der Waals surface area contributed by atoms with E-state index in [1.165, 1.54) is 7.11 Å². The van der Waals surface area contributed by atoms with E-state index in [4.69, 9.17) is 9.47 Å². The van der Waals surface area contributed by atoms with Crippen molar-refractivity contribution in [1.82, 2.24) is 5.32 Å². The molecule has 1 heterocycles. The van der Waals surface area contributed by atoms with Crippen LogP contribution in [0.25, 0.3) is 0 Å². The van der Waals surface area contributed by atoms with Gasteiger partial charge in [-0.2, -0.15) is 13.2 Å². The van der Waals surface area contributed by atoms with E-state index in [0.717, 1.165) is 12.1 Å². The number of ether oxygens (including phenoxy) is 2. The van der Waals surface area contributed by atoms with Crippen molar-refractivity contribution in [2.24, 2.45) is 5.92 Å². The molecule has 3 atom stereocenters. The third kappa shape index (κ3) is 4.22. The number of methoxy groups -OCH3 is 1. The molecular weight excluding hydrogens is 334 g/mol. The lowest BCUT2D eigenvalue weighted by molar-refractivity contribution is -0.138. The molecule has 1 aliphatic heterocycles. The first-order valence-electron chi connectivity index (χ1n) is 7.17. The fourth-order valence-corrected chi connectivity index (χ4v) is 2.49. The van der Waals surface area contributed by atoms with Crippen molar-refractivity contribution in [3.05, 3.63) is 35.1 Å². The summed E-state index contributed by atoms with van der Waals surface area (Å²) in [5.41, 5.74) is -2.03. The maximum atomic E-state index is 13.1. The van der Waals surface area contributed by atoms with Gasteiger partial charge in [0.15, 0.2) is 0 Å². The summed E-state index contributed by atoms with van der Waals surface area (Å²) in [4.78, 5) is 12.0. The maximum absolute atomic E-state index is 13.1. The summed E-state index contributed by atoms with van der Waals surface area (Å²) in [7, 11) is 1.40. The van der Waals surface area contributed by atoms with Crippen LogP contribution >= 0.6 is 0 Å². The summed E-state index contributed by atoms with van der Waals surface area (Å²) >= 11 is 0. The number of hydrogen-bond acceptors (Lipinski definition) is 4. The van der Waals surface area contributed by atoms with Crippen LogP contribution in [0.4, 0.5) is 17.6 Å². The van der Waals surface area contributed by atoms with E-state index in [1.54, 1.807) is 0 Å². The smallest absolute Gasteiger partial charge is 0.390 e. The van der Waals surface area contributed by atoms with Crippen molar-refractivity contribution in [2.75, 3.05) is 26.9 Å². The first-order chi connectivity index (χ1) is 11.2. The van der Waals surface area contributed by atoms with Gasteiger partial charge in [0.1, 0.15) is 11.9 Å². The van der Waals surface area contributed by atoms with Gasteiger partial charge < -0.3 is 19.9 Å². The number of amides is 1. The fraction of sp³-hybridized carbons (Fsp3) is 0.533. The molecule has 0 aliphatic carbocycles. The average Bonchev–Trinajstić information content (AvgIpc) is 2.52. The third-order valence-corrected chi connectivity index (χ3v) is 3.84. The van der Waals surface area contributed by atoms with Crippen LogP contribution < -0.4 is 5.32 Å². The van der Waals surface area contributed by atoms with E-state index in [9.17, 15) is 27.5 Å². The largest absolute Gasteiger partial charge is 0.417 e. The molecule has 2 rings (SSSR count). The number of aliphatic hydroxyl groups is 1. The van der Waals surface area contributed by atoms with Gasteiger partial charge in [-0.15, -0.1) is 0 Å². The summed E-state index contributed by atoms with van der Waals surface area (Å²) < 4.78 is 62.1. The van der Waals surface area contributed by atoms with Crippen molar-refractivity contribution in [1.29, 1.82) is 0 Å². The van der Waals surface area contributed by atoms with Gasteiger partial charge in [-0.3, -0.25) is 4.79 Å². The van der Waals surface area contributed by atoms with E-state index in [2.05, 4.69) is 5.32 Å². The monoisotopic (exact) mass is 351 g/mol. The Morgan fingerprint density at radius 1 is 1.42 bits per heavy atom. The Balaban J connectivity index is 2.08. The molecule has 0 spiro atoms. The lowest BCUT2D eigenvalue weighted by atomic mass is 9.96. The van der Waals surface area contributed by atoms with Crippen LogP contribution in [-0.4, -0.2) is 50.1 Å². The van der Waals surface area contributed by atoms with Gasteiger partial charge in [-0.05, 0) is 18.2 Å². The van der Waals surface area contributed by atoms with Crippen LogP contribution in [0.5, 0.6) is 0 Å². The number of carbonyl (C=O) groups excluding carboxylic acids is 1. The van der Waals surface area contributed by atoms with E-state index in [-0.39, 0.29) is 25.8 Å². The minimum atomic E-state index is -4.86. The molecule has 134 valence electrons. The Kier molecular flexibility index (Phi) is 5.79. The second-order valence-electron chi connectivity index (χ2n) is 5.46. The van der Waals surface area contributed by atoms with Crippen LogP contribution in [0.1, 0.15) is 15.9 Å². The van der Waals surface area contributed by atoms with Gasteiger partial charge in [0.05, 0.1) is 30.4 Å². The minimum absolute atomic E-state index is 0.103. The van der Waals surface area contributed by atoms with Gasteiger partial charge in [0, 0.05) is 19.6 Å². The number of halogens is 4. The SMILES string of the molecule is CO[C@@H]1COC[C@@H](CNC(=O)c2ccc(F)cc2C(F)(F)F)[C@@H]1O. The molecule has 0 unspecified atom stereocenters. The topological polar surface area (TPSA) is 67.8 Å².